The van der Waals surface area contributed by atoms with E-state index in [1.54, 1.807) is 39.0 Å². The predicted molar refractivity (Wildman–Crippen MR) is 217 cm³/mol. The van der Waals surface area contributed by atoms with E-state index in [0.29, 0.717) is 50.7 Å². The minimum atomic E-state index is -1.04. The van der Waals surface area contributed by atoms with Gasteiger partial charge in [0.05, 0.1) is 35.6 Å². The van der Waals surface area contributed by atoms with Crippen molar-refractivity contribution >= 4 is 41.3 Å². The Kier molecular flexibility index (Phi) is 13.5. The zero-order valence-corrected chi connectivity index (χ0v) is 32.5. The zero-order valence-electron chi connectivity index (χ0n) is 32.5. The number of nitrogens with one attached hydrogen (secondary N) is 4. The Balaban J connectivity index is 1.43. The van der Waals surface area contributed by atoms with E-state index >= 15 is 0 Å². The molecule has 8 N–H and O–H groups in total. The number of allylic oxidation sites excluding steroid dienone is 1. The Morgan fingerprint density at radius 1 is 0.911 bits per heavy atom. The SMILES string of the molecule is CCC(=Cc1ccc(-c2nc(C)c(C(=O)N[C@@H](CCN)C(=O)Nc3c(C)cc4cc3-c3cccc(c3)CC(=O)NCC(=O)NC(C(N)=O)C4)c(C)n2)cc1)CC. The van der Waals surface area contributed by atoms with Crippen LogP contribution in [0.5, 0.6) is 0 Å². The summed E-state index contributed by atoms with van der Waals surface area (Å²) in [5.74, 6) is -2.18. The molecular weight excluding hydrogens is 709 g/mol. The maximum absolute atomic E-state index is 14.1. The van der Waals surface area contributed by atoms with E-state index in [0.717, 1.165) is 24.0 Å². The molecule has 0 spiro atoms. The maximum atomic E-state index is 14.1. The van der Waals surface area contributed by atoms with Crippen molar-refractivity contribution in [1.29, 1.82) is 0 Å². The fraction of sp³-hybridized carbons (Fsp3) is 0.326. The summed E-state index contributed by atoms with van der Waals surface area (Å²) in [7, 11) is 0. The summed E-state index contributed by atoms with van der Waals surface area (Å²) < 4.78 is 0. The lowest BCUT2D eigenvalue weighted by atomic mass is 9.93. The van der Waals surface area contributed by atoms with E-state index in [1.165, 1.54) is 5.57 Å². The van der Waals surface area contributed by atoms with Crippen molar-refractivity contribution in [3.05, 3.63) is 105 Å². The largest absolute Gasteiger partial charge is 0.368 e. The van der Waals surface area contributed by atoms with Gasteiger partial charge in [0, 0.05) is 17.5 Å². The summed E-state index contributed by atoms with van der Waals surface area (Å²) >= 11 is 0. The third kappa shape index (κ3) is 10.1. The van der Waals surface area contributed by atoms with E-state index in [-0.39, 0.29) is 43.8 Å². The van der Waals surface area contributed by atoms with Crippen molar-refractivity contribution in [2.75, 3.05) is 18.4 Å². The van der Waals surface area contributed by atoms with Gasteiger partial charge >= 0.3 is 0 Å². The molecule has 5 amide bonds. The molecule has 0 fully saturated rings. The van der Waals surface area contributed by atoms with E-state index < -0.39 is 35.7 Å². The van der Waals surface area contributed by atoms with Crippen molar-refractivity contribution in [3.63, 3.8) is 0 Å². The fourth-order valence-corrected chi connectivity index (χ4v) is 6.82. The number of aryl methyl sites for hydroxylation is 3. The number of nitrogens with zero attached hydrogens (tertiary/aromatic N) is 2. The highest BCUT2D eigenvalue weighted by Gasteiger charge is 2.27. The van der Waals surface area contributed by atoms with Crippen LogP contribution in [0, 0.1) is 20.8 Å². The Hall–Kier alpha value is -6.21. The van der Waals surface area contributed by atoms with E-state index in [1.807, 2.05) is 42.5 Å². The monoisotopic (exact) mass is 758 g/mol. The first kappa shape index (κ1) is 41.0. The molecule has 13 nitrogen and oxygen atoms in total. The zero-order chi connectivity index (χ0) is 40.5. The average molecular weight is 759 g/mol. The van der Waals surface area contributed by atoms with Crippen LogP contribution in [0.2, 0.25) is 0 Å². The topological polar surface area (TPSA) is 211 Å². The highest BCUT2D eigenvalue weighted by molar-refractivity contribution is 6.04. The van der Waals surface area contributed by atoms with Crippen molar-refractivity contribution in [2.24, 2.45) is 11.5 Å². The van der Waals surface area contributed by atoms with Gasteiger partial charge in [-0.3, -0.25) is 24.0 Å². The van der Waals surface area contributed by atoms with Crippen molar-refractivity contribution in [1.82, 2.24) is 25.9 Å². The number of amides is 5. The van der Waals surface area contributed by atoms with Crippen LogP contribution in [0.25, 0.3) is 28.6 Å². The first-order valence-electron chi connectivity index (χ1n) is 18.8. The summed E-state index contributed by atoms with van der Waals surface area (Å²) in [6.45, 7) is 9.38. The van der Waals surface area contributed by atoms with Gasteiger partial charge in [0.25, 0.3) is 5.91 Å². The lowest BCUT2D eigenvalue weighted by Gasteiger charge is -2.23. The minimum Gasteiger partial charge on any atom is -0.368 e. The Morgan fingerprint density at radius 2 is 1.61 bits per heavy atom. The number of hydrogen-bond acceptors (Lipinski definition) is 8. The number of aromatic nitrogens is 2. The third-order valence-electron chi connectivity index (χ3n) is 9.83. The van der Waals surface area contributed by atoms with Crippen LogP contribution in [0.4, 0.5) is 5.69 Å². The number of rotatable bonds is 11. The molecule has 0 radical (unpaired) electrons. The van der Waals surface area contributed by atoms with Crippen LogP contribution in [0.1, 0.15) is 77.1 Å². The quantitative estimate of drug-likeness (QED) is 0.130. The molecule has 3 aromatic carbocycles. The molecule has 0 aliphatic carbocycles. The average Bonchev–Trinajstić information content (AvgIpc) is 3.16. The molecule has 5 rings (SSSR count). The first-order valence-corrected chi connectivity index (χ1v) is 18.8. The maximum Gasteiger partial charge on any atom is 0.255 e. The van der Waals surface area contributed by atoms with Gasteiger partial charge in [-0.2, -0.15) is 0 Å². The molecule has 2 heterocycles. The van der Waals surface area contributed by atoms with Gasteiger partial charge < -0.3 is 32.7 Å². The van der Waals surface area contributed by atoms with Crippen LogP contribution in [0.3, 0.4) is 0 Å². The molecule has 56 heavy (non-hydrogen) atoms. The predicted octanol–water partition coefficient (Wildman–Crippen LogP) is 4.21. The molecule has 4 bridgehead atoms. The second-order valence-electron chi connectivity index (χ2n) is 14.0. The van der Waals surface area contributed by atoms with Crippen molar-refractivity contribution in [3.8, 4) is 22.5 Å². The van der Waals surface area contributed by atoms with E-state index in [9.17, 15) is 24.0 Å². The first-order chi connectivity index (χ1) is 26.8. The third-order valence-corrected chi connectivity index (χ3v) is 9.83. The number of primary amides is 1. The van der Waals surface area contributed by atoms with Gasteiger partial charge in [-0.05, 0) is 80.5 Å². The van der Waals surface area contributed by atoms with Crippen molar-refractivity contribution < 1.29 is 24.0 Å². The number of anilines is 1. The minimum absolute atomic E-state index is 0.00238. The molecule has 1 aliphatic heterocycles. The number of benzene rings is 3. The molecule has 4 aromatic rings. The van der Waals surface area contributed by atoms with Gasteiger partial charge in [-0.1, -0.05) is 80.1 Å². The number of fused-ring (bicyclic) bond motifs is 5. The van der Waals surface area contributed by atoms with Gasteiger partial charge in [-0.15, -0.1) is 0 Å². The van der Waals surface area contributed by atoms with Crippen LogP contribution in [-0.2, 0) is 32.0 Å². The van der Waals surface area contributed by atoms with E-state index in [4.69, 9.17) is 11.5 Å². The van der Waals surface area contributed by atoms with Crippen LogP contribution >= 0.6 is 0 Å². The molecule has 1 aliphatic rings. The Bertz CT molecular complexity index is 2150. The number of carbonyl (C=O) groups excluding carboxylic acids is 5. The number of nitrogens with two attached hydrogens (primary N) is 2. The van der Waals surface area contributed by atoms with Gasteiger partial charge in [0.2, 0.25) is 23.6 Å². The molecule has 1 aromatic heterocycles. The lowest BCUT2D eigenvalue weighted by Crippen LogP contribution is -2.49. The fourth-order valence-electron chi connectivity index (χ4n) is 6.82. The highest BCUT2D eigenvalue weighted by Crippen LogP contribution is 2.34. The second kappa shape index (κ2) is 18.4. The van der Waals surface area contributed by atoms with Crippen molar-refractivity contribution in [2.45, 2.75) is 78.8 Å². The smallest absolute Gasteiger partial charge is 0.255 e. The number of carbonyl (C=O) groups is 5. The normalized spacial score (nSPS) is 14.7. The molecule has 292 valence electrons. The second-order valence-corrected chi connectivity index (χ2v) is 14.0. The molecule has 2 atom stereocenters. The lowest BCUT2D eigenvalue weighted by molar-refractivity contribution is -0.128. The summed E-state index contributed by atoms with van der Waals surface area (Å²) in [5.41, 5.74) is 19.9. The molecular formula is C43H50N8O5. The number of hydrogen-bond donors (Lipinski definition) is 6. The van der Waals surface area contributed by atoms with Crippen LogP contribution in [-0.4, -0.2) is 64.7 Å². The molecule has 13 heteroatoms. The standard InChI is InChI=1S/C43H50N8O5/c1-6-27(7-2)18-28-11-13-31(14-12-28)41-47-25(4)38(26(5)48-41)43(56)50-34(15-16-44)42(55)51-39-24(3)17-30-20-33(39)32-10-8-9-29(19-32)22-36(52)46-23-37(53)49-35(21-30)40(45)54/h8-14,17-20,34-35H,6-7,15-16,21-23,44H2,1-5H3,(H2,45,54)(H,46,52)(H,49,53)(H,50,56)(H,51,55)/t34-,35?/m0/s1. The Morgan fingerprint density at radius 3 is 2.25 bits per heavy atom. The van der Waals surface area contributed by atoms with Crippen LogP contribution in [0.15, 0.2) is 66.2 Å². The Labute approximate surface area is 327 Å². The van der Waals surface area contributed by atoms with Gasteiger partial charge in [0.15, 0.2) is 5.82 Å². The molecule has 0 saturated heterocycles. The van der Waals surface area contributed by atoms with Gasteiger partial charge in [-0.25, -0.2) is 9.97 Å². The van der Waals surface area contributed by atoms with E-state index in [2.05, 4.69) is 51.2 Å². The van der Waals surface area contributed by atoms with Gasteiger partial charge in [0.1, 0.15) is 12.1 Å². The highest BCUT2D eigenvalue weighted by atomic mass is 16.2. The summed E-state index contributed by atoms with van der Waals surface area (Å²) in [4.78, 5) is 74.8. The summed E-state index contributed by atoms with van der Waals surface area (Å²) in [5, 5.41) is 11.1. The summed E-state index contributed by atoms with van der Waals surface area (Å²) in [6, 6.07) is 16.8. The van der Waals surface area contributed by atoms with Crippen LogP contribution < -0.4 is 32.7 Å². The molecule has 0 saturated carbocycles. The molecule has 1 unspecified atom stereocenters. The summed E-state index contributed by atoms with van der Waals surface area (Å²) in [6.07, 6.45) is 4.38.